The van der Waals surface area contributed by atoms with Crippen LogP contribution in [0, 0.1) is 6.92 Å². The fourth-order valence-electron chi connectivity index (χ4n) is 4.45. The molecular weight excluding hydrogens is 601 g/mol. The van der Waals surface area contributed by atoms with Crippen molar-refractivity contribution in [2.24, 2.45) is 11.5 Å². The zero-order chi connectivity index (χ0) is 32.4. The van der Waals surface area contributed by atoms with Crippen molar-refractivity contribution in [3.63, 3.8) is 0 Å². The van der Waals surface area contributed by atoms with E-state index in [1.165, 1.54) is 13.1 Å². The zero-order valence-corrected chi connectivity index (χ0v) is 29.2. The van der Waals surface area contributed by atoms with Crippen molar-refractivity contribution in [3.8, 4) is 0 Å². The molecule has 3 rings (SSSR count). The van der Waals surface area contributed by atoms with E-state index >= 15 is 0 Å². The smallest absolute Gasteiger partial charge is 0.333 e. The summed E-state index contributed by atoms with van der Waals surface area (Å²) < 4.78 is 53.2. The molecule has 0 aliphatic carbocycles. The summed E-state index contributed by atoms with van der Waals surface area (Å²) >= 11 is 0. The number of amides is 1. The molecule has 238 valence electrons. The van der Waals surface area contributed by atoms with E-state index in [2.05, 4.69) is 20.8 Å². The second-order valence-corrected chi connectivity index (χ2v) is 25.1. The summed E-state index contributed by atoms with van der Waals surface area (Å²) in [6.45, 7) is 20.9. The Kier molecular flexibility index (Phi) is 8.86. The van der Waals surface area contributed by atoms with Gasteiger partial charge in [0.15, 0.2) is 28.5 Å². The first kappa shape index (κ1) is 34.4. The van der Waals surface area contributed by atoms with Gasteiger partial charge in [-0.05, 0) is 43.2 Å². The summed E-state index contributed by atoms with van der Waals surface area (Å²) in [6, 6.07) is 0. The Morgan fingerprint density at radius 1 is 1.07 bits per heavy atom. The molecule has 0 saturated carbocycles. The minimum Gasteiger partial charge on any atom is -0.414 e. The third-order valence-corrected chi connectivity index (χ3v) is 19.0. The summed E-state index contributed by atoms with van der Waals surface area (Å²) in [4.78, 5) is 38.3. The maximum absolute atomic E-state index is 13.7. The molecular formula is C26H46N4O9SSi2. The van der Waals surface area contributed by atoms with E-state index in [9.17, 15) is 22.8 Å². The van der Waals surface area contributed by atoms with Gasteiger partial charge in [-0.15, -0.1) is 0 Å². The quantitative estimate of drug-likeness (QED) is 0.313. The van der Waals surface area contributed by atoms with Crippen LogP contribution in [0.3, 0.4) is 0 Å². The van der Waals surface area contributed by atoms with Crippen LogP contribution in [0.5, 0.6) is 0 Å². The molecule has 1 saturated heterocycles. The lowest BCUT2D eigenvalue weighted by Gasteiger charge is -2.43. The van der Waals surface area contributed by atoms with Crippen molar-refractivity contribution in [1.29, 1.82) is 0 Å². The zero-order valence-electron chi connectivity index (χ0n) is 26.4. The van der Waals surface area contributed by atoms with Gasteiger partial charge in [-0.3, -0.25) is 18.7 Å². The molecule has 0 bridgehead atoms. The Morgan fingerprint density at radius 3 is 2.07 bits per heavy atom. The molecule has 1 aromatic rings. The SMILES string of the molecule is Cc1cn([C@@H]2OC(CO[Si](C)(C)C(C)(C)C)C3(OS(=O)(=O)C=C3N)[C@H]2O[Si](C)(C)C(C)(C)C)c(=O)n(CC(N)=O)c1=O. The van der Waals surface area contributed by atoms with E-state index in [4.69, 9.17) is 29.2 Å². The molecule has 4 atom stereocenters. The van der Waals surface area contributed by atoms with Crippen LogP contribution in [-0.4, -0.2) is 64.5 Å². The summed E-state index contributed by atoms with van der Waals surface area (Å²) in [6.07, 6.45) is -2.39. The largest absolute Gasteiger partial charge is 0.414 e. The number of ether oxygens (including phenoxy) is 1. The summed E-state index contributed by atoms with van der Waals surface area (Å²) in [5, 5.41) is 0.301. The number of nitrogens with zero attached hydrogens (tertiary/aromatic N) is 2. The topological polar surface area (TPSA) is 184 Å². The van der Waals surface area contributed by atoms with Crippen molar-refractivity contribution in [2.45, 2.75) is 115 Å². The number of primary amides is 1. The minimum absolute atomic E-state index is 0.108. The highest BCUT2D eigenvalue weighted by Crippen LogP contribution is 2.52. The molecule has 1 fully saturated rings. The van der Waals surface area contributed by atoms with Crippen LogP contribution in [0.15, 0.2) is 26.9 Å². The molecule has 2 unspecified atom stereocenters. The molecule has 1 aromatic heterocycles. The molecule has 0 aromatic carbocycles. The third-order valence-electron chi connectivity index (χ3n) is 9.02. The normalized spacial score (nSPS) is 26.5. The average Bonchev–Trinajstić information content (AvgIpc) is 3.22. The second-order valence-electron chi connectivity index (χ2n) is 14.2. The Balaban J connectivity index is 2.31. The molecule has 16 heteroatoms. The van der Waals surface area contributed by atoms with Crippen LogP contribution in [0.25, 0.3) is 0 Å². The Bertz CT molecular complexity index is 1500. The molecule has 0 radical (unpaired) electrons. The lowest BCUT2D eigenvalue weighted by atomic mass is 9.89. The van der Waals surface area contributed by atoms with E-state index in [-0.39, 0.29) is 27.9 Å². The van der Waals surface area contributed by atoms with Gasteiger partial charge in [-0.1, -0.05) is 41.5 Å². The fourth-order valence-corrected chi connectivity index (χ4v) is 7.96. The highest BCUT2D eigenvalue weighted by molar-refractivity contribution is 7.90. The number of aryl methyl sites for hydroxylation is 1. The average molecular weight is 647 g/mol. The van der Waals surface area contributed by atoms with E-state index in [1.807, 2.05) is 47.0 Å². The van der Waals surface area contributed by atoms with Crippen molar-refractivity contribution in [3.05, 3.63) is 43.7 Å². The lowest BCUT2D eigenvalue weighted by Crippen LogP contribution is -2.59. The van der Waals surface area contributed by atoms with Crippen LogP contribution < -0.4 is 22.7 Å². The van der Waals surface area contributed by atoms with Crippen LogP contribution in [0.4, 0.5) is 0 Å². The maximum atomic E-state index is 13.7. The van der Waals surface area contributed by atoms with Gasteiger partial charge in [-0.25, -0.2) is 8.98 Å². The third kappa shape index (κ3) is 6.12. The summed E-state index contributed by atoms with van der Waals surface area (Å²) in [5.41, 5.74) is 8.34. The first-order chi connectivity index (χ1) is 18.8. The van der Waals surface area contributed by atoms with Crippen LogP contribution >= 0.6 is 0 Å². The highest BCUT2D eigenvalue weighted by Gasteiger charge is 2.67. The number of nitrogens with two attached hydrogens (primary N) is 2. The Labute approximate surface area is 249 Å². The van der Waals surface area contributed by atoms with E-state index < -0.39 is 74.5 Å². The number of hydrogen-bond acceptors (Lipinski definition) is 10. The van der Waals surface area contributed by atoms with Gasteiger partial charge in [0.1, 0.15) is 18.8 Å². The van der Waals surface area contributed by atoms with Crippen LogP contribution in [-0.2, 0) is 39.2 Å². The second kappa shape index (κ2) is 10.8. The molecule has 1 amide bonds. The first-order valence-electron chi connectivity index (χ1n) is 13.8. The maximum Gasteiger partial charge on any atom is 0.333 e. The summed E-state index contributed by atoms with van der Waals surface area (Å²) in [5.74, 6) is -0.887. The molecule has 3 heterocycles. The van der Waals surface area contributed by atoms with Crippen LogP contribution in [0.1, 0.15) is 53.3 Å². The number of carbonyl (C=O) groups is 1. The summed E-state index contributed by atoms with van der Waals surface area (Å²) in [7, 11) is -9.40. The van der Waals surface area contributed by atoms with Crippen molar-refractivity contribution in [2.75, 3.05) is 6.61 Å². The Hall–Kier alpha value is -2.09. The molecule has 2 aliphatic rings. The van der Waals surface area contributed by atoms with Crippen molar-refractivity contribution < 1.29 is 31.0 Å². The fraction of sp³-hybridized carbons (Fsp3) is 0.731. The van der Waals surface area contributed by atoms with Gasteiger partial charge in [0.25, 0.3) is 15.7 Å². The van der Waals surface area contributed by atoms with Gasteiger partial charge < -0.3 is 25.1 Å². The number of hydrogen-bond donors (Lipinski definition) is 2. The van der Waals surface area contributed by atoms with Gasteiger partial charge in [0, 0.05) is 11.8 Å². The predicted molar refractivity (Wildman–Crippen MR) is 163 cm³/mol. The van der Waals surface area contributed by atoms with Gasteiger partial charge >= 0.3 is 5.69 Å². The van der Waals surface area contributed by atoms with E-state index in [0.717, 1.165) is 9.98 Å². The van der Waals surface area contributed by atoms with Gasteiger partial charge in [-0.2, -0.15) is 8.42 Å². The Morgan fingerprint density at radius 2 is 1.62 bits per heavy atom. The van der Waals surface area contributed by atoms with Gasteiger partial charge in [0.2, 0.25) is 5.91 Å². The minimum atomic E-state index is -4.26. The molecule has 2 aliphatic heterocycles. The lowest BCUT2D eigenvalue weighted by molar-refractivity contribution is -0.118. The first-order valence-corrected chi connectivity index (χ1v) is 21.1. The molecule has 4 N–H and O–H groups in total. The molecule has 13 nitrogen and oxygen atoms in total. The highest BCUT2D eigenvalue weighted by atomic mass is 32.2. The number of carbonyl (C=O) groups excluding carboxylic acids is 1. The van der Waals surface area contributed by atoms with E-state index in [0.29, 0.717) is 4.57 Å². The number of aromatic nitrogens is 2. The van der Waals surface area contributed by atoms with Crippen LogP contribution in [0.2, 0.25) is 36.3 Å². The standard InChI is InChI=1S/C26H46N4O9SSi2/c1-16-12-30(23(33)29(21(16)32)13-19(28)31)22-20(38-42(10,11)25(5,6)7)26(17(27)15-40(34,35)39-26)18(37-22)14-36-41(8,9)24(2,3)4/h12,15,18,20,22H,13-14,27H2,1-11H3,(H2,28,31)/t18?,20-,22+,26?/m0/s1. The van der Waals surface area contributed by atoms with Crippen molar-refractivity contribution in [1.82, 2.24) is 9.13 Å². The predicted octanol–water partition coefficient (Wildman–Crippen LogP) is 2.01. The van der Waals surface area contributed by atoms with Gasteiger partial charge in [0.05, 0.1) is 17.7 Å². The molecule has 1 spiro atoms. The molecule has 42 heavy (non-hydrogen) atoms. The van der Waals surface area contributed by atoms with E-state index in [1.54, 1.807) is 0 Å². The van der Waals surface area contributed by atoms with Crippen molar-refractivity contribution >= 4 is 32.7 Å². The number of rotatable bonds is 8. The monoisotopic (exact) mass is 646 g/mol.